The Balaban J connectivity index is 2.39. The molecule has 1 nitrogen and oxygen atoms in total. The first-order valence-electron chi connectivity index (χ1n) is 5.53. The summed E-state index contributed by atoms with van der Waals surface area (Å²) in [6.07, 6.45) is 0.879. The zero-order chi connectivity index (χ0) is 12.3. The van der Waals surface area contributed by atoms with Crippen LogP contribution in [0.5, 0.6) is 0 Å². The summed E-state index contributed by atoms with van der Waals surface area (Å²) >= 11 is 0. The third-order valence-electron chi connectivity index (χ3n) is 2.87. The fraction of sp³-hybridized carbons (Fsp3) is 0.0625. The number of hydrogen-bond donors (Lipinski definition) is 0. The monoisotopic (exact) mass is 222 g/mol. The van der Waals surface area contributed by atoms with Gasteiger partial charge in [-0.15, -0.1) is 0 Å². The van der Waals surface area contributed by atoms with Crippen LogP contribution >= 0.6 is 0 Å². The second-order valence-corrected chi connectivity index (χ2v) is 4.03. The molecule has 0 aromatic heterocycles. The number of rotatable bonds is 3. The second kappa shape index (κ2) is 4.79. The SMILES string of the molecule is C=C(c1ccccc1)c1ccc(C=O)c(C)c1. The summed E-state index contributed by atoms with van der Waals surface area (Å²) in [5.41, 5.74) is 4.85. The summed E-state index contributed by atoms with van der Waals surface area (Å²) in [7, 11) is 0. The van der Waals surface area contributed by atoms with Crippen molar-refractivity contribution in [2.75, 3.05) is 0 Å². The molecule has 2 rings (SSSR count). The maximum Gasteiger partial charge on any atom is 0.150 e. The van der Waals surface area contributed by atoms with Gasteiger partial charge in [-0.3, -0.25) is 4.79 Å². The number of aldehydes is 1. The summed E-state index contributed by atoms with van der Waals surface area (Å²) in [6.45, 7) is 6.04. The Morgan fingerprint density at radius 3 is 2.35 bits per heavy atom. The molecule has 0 amide bonds. The molecule has 0 aliphatic carbocycles. The van der Waals surface area contributed by atoms with Crippen LogP contribution in [0, 0.1) is 6.92 Å². The van der Waals surface area contributed by atoms with Gasteiger partial charge in [0.2, 0.25) is 0 Å². The van der Waals surface area contributed by atoms with Gasteiger partial charge in [0, 0.05) is 5.56 Å². The van der Waals surface area contributed by atoms with Gasteiger partial charge in [0.05, 0.1) is 0 Å². The van der Waals surface area contributed by atoms with Gasteiger partial charge >= 0.3 is 0 Å². The number of hydrogen-bond acceptors (Lipinski definition) is 1. The Bertz CT molecular complexity index is 553. The van der Waals surface area contributed by atoms with Crippen molar-refractivity contribution in [3.8, 4) is 0 Å². The first-order chi connectivity index (χ1) is 8.22. The van der Waals surface area contributed by atoms with E-state index in [4.69, 9.17) is 0 Å². The molecule has 0 atom stereocenters. The minimum atomic E-state index is 0.731. The van der Waals surface area contributed by atoms with E-state index in [1.54, 1.807) is 0 Å². The van der Waals surface area contributed by atoms with Gasteiger partial charge in [0.15, 0.2) is 0 Å². The molecule has 2 aromatic rings. The van der Waals surface area contributed by atoms with Crippen LogP contribution in [0.15, 0.2) is 55.1 Å². The molecule has 0 heterocycles. The average Bonchev–Trinajstić information content (AvgIpc) is 2.39. The van der Waals surface area contributed by atoms with Gasteiger partial charge < -0.3 is 0 Å². The molecule has 0 saturated heterocycles. The van der Waals surface area contributed by atoms with Crippen LogP contribution in [0.4, 0.5) is 0 Å². The summed E-state index contributed by atoms with van der Waals surface area (Å²) in [4.78, 5) is 10.8. The van der Waals surface area contributed by atoms with Crippen molar-refractivity contribution in [2.24, 2.45) is 0 Å². The number of aryl methyl sites for hydroxylation is 1. The molecule has 84 valence electrons. The van der Waals surface area contributed by atoms with Crippen molar-refractivity contribution >= 4 is 11.9 Å². The Kier molecular flexibility index (Phi) is 3.20. The molecule has 0 unspecified atom stereocenters. The van der Waals surface area contributed by atoms with Gasteiger partial charge in [-0.1, -0.05) is 55.1 Å². The lowest BCUT2D eigenvalue weighted by atomic mass is 9.96. The summed E-state index contributed by atoms with van der Waals surface area (Å²) in [5.74, 6) is 0. The van der Waals surface area contributed by atoms with Crippen molar-refractivity contribution in [1.29, 1.82) is 0 Å². The topological polar surface area (TPSA) is 17.1 Å². The normalized spacial score (nSPS) is 9.94. The standard InChI is InChI=1S/C16H14O/c1-12-10-15(8-9-16(12)11-17)13(2)14-6-4-3-5-7-14/h3-11H,2H2,1H3. The van der Waals surface area contributed by atoms with Crippen LogP contribution in [0.3, 0.4) is 0 Å². The summed E-state index contributed by atoms with van der Waals surface area (Å²) in [5, 5.41) is 0. The van der Waals surface area contributed by atoms with E-state index >= 15 is 0 Å². The van der Waals surface area contributed by atoms with E-state index in [0.717, 1.165) is 34.1 Å². The highest BCUT2D eigenvalue weighted by molar-refractivity contribution is 5.82. The Morgan fingerprint density at radius 1 is 1.06 bits per heavy atom. The predicted octanol–water partition coefficient (Wildman–Crippen LogP) is 3.87. The second-order valence-electron chi connectivity index (χ2n) is 4.03. The van der Waals surface area contributed by atoms with Crippen molar-refractivity contribution in [1.82, 2.24) is 0 Å². The fourth-order valence-corrected chi connectivity index (χ4v) is 1.80. The van der Waals surface area contributed by atoms with Crippen LogP contribution in [-0.2, 0) is 0 Å². The molecule has 17 heavy (non-hydrogen) atoms. The van der Waals surface area contributed by atoms with E-state index in [1.165, 1.54) is 0 Å². The lowest BCUT2D eigenvalue weighted by molar-refractivity contribution is 0.112. The van der Waals surface area contributed by atoms with E-state index in [2.05, 4.69) is 6.58 Å². The third kappa shape index (κ3) is 2.34. The number of carbonyl (C=O) groups is 1. The average molecular weight is 222 g/mol. The summed E-state index contributed by atoms with van der Waals surface area (Å²) < 4.78 is 0. The van der Waals surface area contributed by atoms with E-state index in [1.807, 2.05) is 55.5 Å². The number of carbonyl (C=O) groups excluding carboxylic acids is 1. The largest absolute Gasteiger partial charge is 0.298 e. The molecule has 0 bridgehead atoms. The third-order valence-corrected chi connectivity index (χ3v) is 2.87. The van der Waals surface area contributed by atoms with Crippen LogP contribution < -0.4 is 0 Å². The molecule has 0 spiro atoms. The lowest BCUT2D eigenvalue weighted by Gasteiger charge is -2.08. The first kappa shape index (κ1) is 11.3. The predicted molar refractivity (Wildman–Crippen MR) is 71.1 cm³/mol. The molecular weight excluding hydrogens is 208 g/mol. The van der Waals surface area contributed by atoms with Gasteiger partial charge in [0.25, 0.3) is 0 Å². The van der Waals surface area contributed by atoms with Crippen LogP contribution in [0.2, 0.25) is 0 Å². The minimum absolute atomic E-state index is 0.731. The van der Waals surface area contributed by atoms with Crippen LogP contribution in [0.1, 0.15) is 27.0 Å². The highest BCUT2D eigenvalue weighted by Gasteiger charge is 2.04. The fourth-order valence-electron chi connectivity index (χ4n) is 1.80. The number of benzene rings is 2. The quantitative estimate of drug-likeness (QED) is 0.720. The molecule has 2 aromatic carbocycles. The molecule has 0 saturated carbocycles. The van der Waals surface area contributed by atoms with Crippen molar-refractivity contribution in [3.63, 3.8) is 0 Å². The van der Waals surface area contributed by atoms with Crippen LogP contribution in [-0.4, -0.2) is 6.29 Å². The van der Waals surface area contributed by atoms with Gasteiger partial charge in [-0.05, 0) is 29.2 Å². The maximum absolute atomic E-state index is 10.8. The zero-order valence-corrected chi connectivity index (χ0v) is 9.81. The lowest BCUT2D eigenvalue weighted by Crippen LogP contribution is -1.91. The highest BCUT2D eigenvalue weighted by atomic mass is 16.1. The van der Waals surface area contributed by atoms with Gasteiger partial charge in [0.1, 0.15) is 6.29 Å². The first-order valence-corrected chi connectivity index (χ1v) is 5.53. The summed E-state index contributed by atoms with van der Waals surface area (Å²) in [6, 6.07) is 15.8. The maximum atomic E-state index is 10.8. The van der Waals surface area contributed by atoms with E-state index < -0.39 is 0 Å². The van der Waals surface area contributed by atoms with Gasteiger partial charge in [-0.25, -0.2) is 0 Å². The van der Waals surface area contributed by atoms with E-state index in [9.17, 15) is 4.79 Å². The smallest absolute Gasteiger partial charge is 0.150 e. The van der Waals surface area contributed by atoms with E-state index in [-0.39, 0.29) is 0 Å². The van der Waals surface area contributed by atoms with Crippen molar-refractivity contribution < 1.29 is 4.79 Å². The molecule has 0 N–H and O–H groups in total. The van der Waals surface area contributed by atoms with E-state index in [0.29, 0.717) is 0 Å². The zero-order valence-electron chi connectivity index (χ0n) is 9.81. The molecule has 0 fully saturated rings. The molecule has 0 radical (unpaired) electrons. The Hall–Kier alpha value is -2.15. The highest BCUT2D eigenvalue weighted by Crippen LogP contribution is 2.22. The van der Waals surface area contributed by atoms with Gasteiger partial charge in [-0.2, -0.15) is 0 Å². The Labute approximate surface area is 101 Å². The molecule has 1 heteroatoms. The Morgan fingerprint density at radius 2 is 1.76 bits per heavy atom. The van der Waals surface area contributed by atoms with Crippen molar-refractivity contribution in [2.45, 2.75) is 6.92 Å². The minimum Gasteiger partial charge on any atom is -0.298 e. The molecular formula is C16H14O. The van der Waals surface area contributed by atoms with Crippen LogP contribution in [0.25, 0.3) is 5.57 Å². The molecule has 0 aliphatic rings. The van der Waals surface area contributed by atoms with Crippen molar-refractivity contribution in [3.05, 3.63) is 77.4 Å². The molecule has 0 aliphatic heterocycles.